The molecule has 4 atom stereocenters. The van der Waals surface area contributed by atoms with E-state index in [1.165, 1.54) is 13.8 Å². The van der Waals surface area contributed by atoms with Gasteiger partial charge in [0.15, 0.2) is 17.6 Å². The van der Waals surface area contributed by atoms with Crippen molar-refractivity contribution in [3.05, 3.63) is 83.2 Å². The summed E-state index contributed by atoms with van der Waals surface area (Å²) in [6.07, 6.45) is 2.74. The molecule has 0 radical (unpaired) electrons. The highest BCUT2D eigenvalue weighted by Gasteiger charge is 2.32. The number of amides is 1. The molecule has 0 saturated carbocycles. The quantitative estimate of drug-likeness (QED) is 0.296. The van der Waals surface area contributed by atoms with Gasteiger partial charge in [0.25, 0.3) is 5.91 Å². The van der Waals surface area contributed by atoms with Crippen LogP contribution in [0.2, 0.25) is 0 Å². The van der Waals surface area contributed by atoms with Crippen LogP contribution in [-0.2, 0) is 44.0 Å². The van der Waals surface area contributed by atoms with Gasteiger partial charge in [-0.15, -0.1) is 0 Å². The number of carbonyl (C=O) groups excluding carboxylic acids is 2. The lowest BCUT2D eigenvalue weighted by atomic mass is 10.0. The molecule has 1 aromatic heterocycles. The van der Waals surface area contributed by atoms with Crippen molar-refractivity contribution in [1.29, 1.82) is 0 Å². The van der Waals surface area contributed by atoms with Crippen LogP contribution in [-0.4, -0.2) is 44.5 Å². The zero-order chi connectivity index (χ0) is 27.1. The summed E-state index contributed by atoms with van der Waals surface area (Å²) in [6.45, 7) is 3.11. The number of rotatable bonds is 10. The molecule has 1 amide bonds. The van der Waals surface area contributed by atoms with Crippen molar-refractivity contribution in [2.75, 3.05) is 5.75 Å². The number of benzene rings is 2. The minimum Gasteiger partial charge on any atom is -0.453 e. The van der Waals surface area contributed by atoms with Gasteiger partial charge in [0.2, 0.25) is 0 Å². The van der Waals surface area contributed by atoms with Crippen molar-refractivity contribution < 1.29 is 28.9 Å². The van der Waals surface area contributed by atoms with E-state index in [4.69, 9.17) is 14.2 Å². The molecular formula is C28H33N3O6S. The number of nitrogens with zero attached hydrogens (tertiary/aromatic N) is 2. The molecule has 1 saturated heterocycles. The van der Waals surface area contributed by atoms with Crippen LogP contribution in [0.15, 0.2) is 66.1 Å². The molecule has 1 aliphatic heterocycles. The maximum atomic E-state index is 12.1. The Morgan fingerprint density at radius 3 is 2.45 bits per heavy atom. The molecule has 4 rings (SSSR count). The van der Waals surface area contributed by atoms with Crippen molar-refractivity contribution in [2.24, 2.45) is 7.05 Å². The number of aliphatic hydroxyl groups excluding tert-OH is 1. The Labute approximate surface area is 226 Å². The van der Waals surface area contributed by atoms with Gasteiger partial charge in [-0.25, -0.2) is 4.98 Å². The minimum atomic E-state index is -0.847. The molecule has 3 aromatic rings. The Morgan fingerprint density at radius 2 is 1.82 bits per heavy atom. The summed E-state index contributed by atoms with van der Waals surface area (Å²) in [5.41, 5.74) is 3.65. The fourth-order valence-electron chi connectivity index (χ4n) is 4.11. The number of aryl methyl sites for hydroxylation is 1. The van der Waals surface area contributed by atoms with Crippen LogP contribution in [0.5, 0.6) is 0 Å². The number of carbonyl (C=O) groups is 2. The SMILES string of the molecule is CC(=O)O[C@@H](C)C(=O)NCc1ccc([C@@H]2O[C@H](CSc3nccn3C)C[C@H](c3ccc(CO)cc3)O2)cc1. The van der Waals surface area contributed by atoms with Gasteiger partial charge in [-0.3, -0.25) is 9.59 Å². The van der Waals surface area contributed by atoms with E-state index in [1.54, 1.807) is 18.0 Å². The lowest BCUT2D eigenvalue weighted by Gasteiger charge is -2.36. The van der Waals surface area contributed by atoms with Gasteiger partial charge in [0.05, 0.1) is 18.8 Å². The summed E-state index contributed by atoms with van der Waals surface area (Å²) >= 11 is 1.65. The Bertz CT molecular complexity index is 1210. The standard InChI is InChI=1S/C28H33N3O6S/c1-18(35-19(2)33)26(34)30-15-20-4-10-23(11-5-20)27-36-24(17-38-28-29-12-13-31(28)3)14-25(37-27)22-8-6-21(16-32)7-9-22/h4-13,18,24-25,27,32H,14-17H2,1-3H3,(H,30,34)/t18-,24-,25+,27+/m0/s1. The predicted octanol–water partition coefficient (Wildman–Crippen LogP) is 3.82. The molecule has 38 heavy (non-hydrogen) atoms. The van der Waals surface area contributed by atoms with E-state index in [0.717, 1.165) is 33.2 Å². The van der Waals surface area contributed by atoms with Gasteiger partial charge >= 0.3 is 5.97 Å². The highest BCUT2D eigenvalue weighted by atomic mass is 32.2. The summed E-state index contributed by atoms with van der Waals surface area (Å²) in [5.74, 6) is -0.129. The number of hydrogen-bond donors (Lipinski definition) is 2. The molecule has 10 heteroatoms. The predicted molar refractivity (Wildman–Crippen MR) is 142 cm³/mol. The molecule has 2 N–H and O–H groups in total. The summed E-state index contributed by atoms with van der Waals surface area (Å²) in [7, 11) is 1.97. The van der Waals surface area contributed by atoms with E-state index >= 15 is 0 Å². The van der Waals surface area contributed by atoms with Crippen LogP contribution in [0.3, 0.4) is 0 Å². The number of hydrogen-bond acceptors (Lipinski definition) is 8. The number of esters is 1. The third-order valence-electron chi connectivity index (χ3n) is 6.22. The number of ether oxygens (including phenoxy) is 3. The van der Waals surface area contributed by atoms with Crippen molar-refractivity contribution in [3.63, 3.8) is 0 Å². The van der Waals surface area contributed by atoms with Gasteiger partial charge in [-0.1, -0.05) is 60.3 Å². The maximum absolute atomic E-state index is 12.1. The second-order valence-electron chi connectivity index (χ2n) is 9.19. The number of aromatic nitrogens is 2. The summed E-state index contributed by atoms with van der Waals surface area (Å²) in [5, 5.41) is 13.1. The highest BCUT2D eigenvalue weighted by Crippen LogP contribution is 2.39. The van der Waals surface area contributed by atoms with E-state index in [0.29, 0.717) is 13.0 Å². The molecule has 202 valence electrons. The lowest BCUT2D eigenvalue weighted by Crippen LogP contribution is -2.35. The first-order valence-electron chi connectivity index (χ1n) is 12.5. The third-order valence-corrected chi connectivity index (χ3v) is 7.41. The normalized spacial score (nSPS) is 20.1. The Hall–Kier alpha value is -3.18. The van der Waals surface area contributed by atoms with Crippen LogP contribution in [0.25, 0.3) is 0 Å². The minimum absolute atomic E-state index is 0.00403. The van der Waals surface area contributed by atoms with Crippen molar-refractivity contribution in [1.82, 2.24) is 14.9 Å². The van der Waals surface area contributed by atoms with E-state index in [9.17, 15) is 14.7 Å². The van der Waals surface area contributed by atoms with E-state index < -0.39 is 18.4 Å². The molecular weight excluding hydrogens is 506 g/mol. The van der Waals surface area contributed by atoms with Gasteiger partial charge < -0.3 is 29.2 Å². The summed E-state index contributed by atoms with van der Waals surface area (Å²) < 4.78 is 19.7. The average molecular weight is 540 g/mol. The summed E-state index contributed by atoms with van der Waals surface area (Å²) in [4.78, 5) is 27.6. The largest absolute Gasteiger partial charge is 0.453 e. The van der Waals surface area contributed by atoms with Gasteiger partial charge in [-0.05, 0) is 23.6 Å². The smallest absolute Gasteiger partial charge is 0.303 e. The molecule has 1 fully saturated rings. The van der Waals surface area contributed by atoms with E-state index in [-0.39, 0.29) is 24.7 Å². The van der Waals surface area contributed by atoms with Gasteiger partial charge in [0.1, 0.15) is 0 Å². The zero-order valence-corrected chi connectivity index (χ0v) is 22.5. The zero-order valence-electron chi connectivity index (χ0n) is 21.7. The topological polar surface area (TPSA) is 112 Å². The van der Waals surface area contributed by atoms with Crippen molar-refractivity contribution >= 4 is 23.6 Å². The maximum Gasteiger partial charge on any atom is 0.303 e. The number of nitrogens with one attached hydrogen (secondary N) is 1. The molecule has 1 aliphatic rings. The first-order chi connectivity index (χ1) is 18.3. The fourth-order valence-corrected chi connectivity index (χ4v) is 5.06. The number of aliphatic hydroxyl groups is 1. The first kappa shape index (κ1) is 27.8. The fraction of sp³-hybridized carbons (Fsp3) is 0.393. The van der Waals surface area contributed by atoms with Gasteiger partial charge in [0, 0.05) is 50.6 Å². The number of imidazole rings is 1. The molecule has 2 heterocycles. The van der Waals surface area contributed by atoms with Crippen LogP contribution in [0.1, 0.15) is 54.9 Å². The Balaban J connectivity index is 1.44. The Morgan fingerprint density at radius 1 is 1.13 bits per heavy atom. The van der Waals surface area contributed by atoms with Crippen LogP contribution >= 0.6 is 11.8 Å². The molecule has 9 nitrogen and oxygen atoms in total. The lowest BCUT2D eigenvalue weighted by molar-refractivity contribution is -0.245. The molecule has 0 unspecified atom stereocenters. The monoisotopic (exact) mass is 539 g/mol. The van der Waals surface area contributed by atoms with Crippen molar-refractivity contribution in [3.8, 4) is 0 Å². The highest BCUT2D eigenvalue weighted by molar-refractivity contribution is 7.99. The second-order valence-corrected chi connectivity index (χ2v) is 10.2. The van der Waals surface area contributed by atoms with Crippen molar-refractivity contribution in [2.45, 2.75) is 63.2 Å². The number of thioether (sulfide) groups is 1. The Kier molecular flexibility index (Phi) is 9.57. The second kappa shape index (κ2) is 13.1. The van der Waals surface area contributed by atoms with Gasteiger partial charge in [-0.2, -0.15) is 0 Å². The van der Waals surface area contributed by atoms with Crippen LogP contribution < -0.4 is 5.32 Å². The van der Waals surface area contributed by atoms with Crippen LogP contribution in [0, 0.1) is 0 Å². The molecule has 0 spiro atoms. The first-order valence-corrected chi connectivity index (χ1v) is 13.5. The molecule has 0 aliphatic carbocycles. The van der Waals surface area contributed by atoms with E-state index in [2.05, 4.69) is 10.3 Å². The van der Waals surface area contributed by atoms with E-state index in [1.807, 2.05) is 66.3 Å². The van der Waals surface area contributed by atoms with Crippen LogP contribution in [0.4, 0.5) is 0 Å². The molecule has 2 aromatic carbocycles. The average Bonchev–Trinajstić information content (AvgIpc) is 3.34. The molecule has 0 bridgehead atoms. The third kappa shape index (κ3) is 7.44. The summed E-state index contributed by atoms with van der Waals surface area (Å²) in [6, 6.07) is 15.5.